The van der Waals surface area contributed by atoms with Gasteiger partial charge in [-0.05, 0) is 12.1 Å². The molecule has 0 amide bonds. The summed E-state index contributed by atoms with van der Waals surface area (Å²) in [5, 5.41) is 0.489. The number of pyridine rings is 1. The Morgan fingerprint density at radius 3 is 2.89 bits per heavy atom. The molecular weight excluding hydrogens is 267 g/mol. The average molecular weight is 277 g/mol. The lowest BCUT2D eigenvalue weighted by atomic mass is 10.2. The lowest BCUT2D eigenvalue weighted by molar-refractivity contribution is 0.602. The highest BCUT2D eigenvalue weighted by Gasteiger charge is 2.11. The van der Waals surface area contributed by atoms with Gasteiger partial charge >= 0.3 is 0 Å². The van der Waals surface area contributed by atoms with Crippen molar-refractivity contribution in [2.75, 3.05) is 5.73 Å². The summed E-state index contributed by atoms with van der Waals surface area (Å²) < 4.78 is 15.3. The molecular formula is C13H10ClFN4. The van der Waals surface area contributed by atoms with Gasteiger partial charge in [0.05, 0.1) is 11.6 Å². The Kier molecular flexibility index (Phi) is 2.83. The number of rotatable bonds is 2. The number of aromatic nitrogens is 3. The molecule has 6 heteroatoms. The zero-order valence-electron chi connectivity index (χ0n) is 9.85. The first kappa shape index (κ1) is 11.9. The smallest absolute Gasteiger partial charge is 0.202 e. The Bertz CT molecular complexity index is 753. The number of benzene rings is 1. The highest BCUT2D eigenvalue weighted by atomic mass is 35.5. The maximum absolute atomic E-state index is 13.7. The molecule has 0 spiro atoms. The van der Waals surface area contributed by atoms with E-state index < -0.39 is 0 Å². The molecule has 1 aromatic carbocycles. The minimum absolute atomic E-state index is 0.280. The van der Waals surface area contributed by atoms with Crippen molar-refractivity contribution in [2.24, 2.45) is 0 Å². The predicted octanol–water partition coefficient (Wildman–Crippen LogP) is 2.85. The summed E-state index contributed by atoms with van der Waals surface area (Å²) in [6.07, 6.45) is 1.52. The van der Waals surface area contributed by atoms with Crippen molar-refractivity contribution in [3.63, 3.8) is 0 Å². The molecule has 0 saturated carbocycles. The Labute approximate surface area is 113 Å². The van der Waals surface area contributed by atoms with Crippen molar-refractivity contribution in [3.8, 4) is 0 Å². The van der Waals surface area contributed by atoms with E-state index in [0.717, 1.165) is 0 Å². The van der Waals surface area contributed by atoms with E-state index in [-0.39, 0.29) is 18.3 Å². The summed E-state index contributed by atoms with van der Waals surface area (Å²) in [7, 11) is 0. The number of nitrogens with two attached hydrogens (primary N) is 1. The van der Waals surface area contributed by atoms with Crippen molar-refractivity contribution in [1.29, 1.82) is 0 Å². The lowest BCUT2D eigenvalue weighted by Gasteiger charge is -2.06. The molecule has 96 valence electrons. The third-order valence-corrected chi connectivity index (χ3v) is 3.07. The monoisotopic (exact) mass is 276 g/mol. The second kappa shape index (κ2) is 4.51. The van der Waals surface area contributed by atoms with E-state index in [1.165, 1.54) is 12.3 Å². The van der Waals surface area contributed by atoms with Gasteiger partial charge in [-0.3, -0.25) is 4.57 Å². The average Bonchev–Trinajstić information content (AvgIpc) is 2.68. The maximum Gasteiger partial charge on any atom is 0.202 e. The normalized spacial score (nSPS) is 11.1. The fraction of sp³-hybridized carbons (Fsp3) is 0.0769. The predicted molar refractivity (Wildman–Crippen MR) is 72.5 cm³/mol. The van der Waals surface area contributed by atoms with E-state index in [0.29, 0.717) is 21.7 Å². The largest absolute Gasteiger partial charge is 0.369 e. The number of hydrogen-bond acceptors (Lipinski definition) is 3. The molecule has 0 unspecified atom stereocenters. The quantitative estimate of drug-likeness (QED) is 0.783. The molecule has 2 heterocycles. The molecule has 0 aliphatic carbocycles. The van der Waals surface area contributed by atoms with E-state index in [1.807, 2.05) is 0 Å². The van der Waals surface area contributed by atoms with Crippen LogP contribution in [0, 0.1) is 5.82 Å². The Balaban J connectivity index is 2.10. The standard InChI is InChI=1S/C13H10ClFN4/c14-9-5-11-12(17-6-9)19(13(16)18-11)7-8-3-1-2-4-10(8)15/h1-6H,7H2,(H2,16,18). The molecule has 0 atom stereocenters. The summed E-state index contributed by atoms with van der Waals surface area (Å²) in [6, 6.07) is 8.22. The molecule has 2 N–H and O–H groups in total. The Hall–Kier alpha value is -2.14. The van der Waals surface area contributed by atoms with Gasteiger partial charge in [-0.25, -0.2) is 14.4 Å². The molecule has 0 aliphatic rings. The van der Waals surface area contributed by atoms with Crippen LogP contribution in [0.5, 0.6) is 0 Å². The molecule has 0 saturated heterocycles. The van der Waals surface area contributed by atoms with E-state index in [1.54, 1.807) is 28.8 Å². The van der Waals surface area contributed by atoms with Gasteiger partial charge in [-0.1, -0.05) is 29.8 Å². The first-order chi connectivity index (χ1) is 9.15. The van der Waals surface area contributed by atoms with Gasteiger partial charge in [0.15, 0.2) is 5.65 Å². The zero-order valence-corrected chi connectivity index (χ0v) is 10.6. The number of imidazole rings is 1. The summed E-state index contributed by atoms with van der Waals surface area (Å²) in [5.74, 6) is 0.00531. The zero-order chi connectivity index (χ0) is 13.4. The lowest BCUT2D eigenvalue weighted by Crippen LogP contribution is -2.06. The second-order valence-electron chi connectivity index (χ2n) is 4.14. The highest BCUT2D eigenvalue weighted by Crippen LogP contribution is 2.21. The molecule has 4 nitrogen and oxygen atoms in total. The van der Waals surface area contributed by atoms with Crippen LogP contribution in [-0.2, 0) is 6.54 Å². The van der Waals surface area contributed by atoms with Crippen molar-refractivity contribution in [2.45, 2.75) is 6.54 Å². The molecule has 0 fully saturated rings. The third-order valence-electron chi connectivity index (χ3n) is 2.87. The molecule has 0 radical (unpaired) electrons. The van der Waals surface area contributed by atoms with Crippen LogP contribution in [-0.4, -0.2) is 14.5 Å². The van der Waals surface area contributed by atoms with E-state index >= 15 is 0 Å². The SMILES string of the molecule is Nc1nc2cc(Cl)cnc2n1Cc1ccccc1F. The van der Waals surface area contributed by atoms with E-state index in [2.05, 4.69) is 9.97 Å². The first-order valence-corrected chi connectivity index (χ1v) is 6.03. The van der Waals surface area contributed by atoms with Gasteiger partial charge in [0.2, 0.25) is 5.95 Å². The Morgan fingerprint density at radius 2 is 2.11 bits per heavy atom. The summed E-state index contributed by atoms with van der Waals surface area (Å²) in [6.45, 7) is 0.281. The second-order valence-corrected chi connectivity index (χ2v) is 4.58. The summed E-state index contributed by atoms with van der Waals surface area (Å²) >= 11 is 5.85. The Morgan fingerprint density at radius 1 is 1.32 bits per heavy atom. The molecule has 3 rings (SSSR count). The third kappa shape index (κ3) is 2.13. The minimum Gasteiger partial charge on any atom is -0.369 e. The van der Waals surface area contributed by atoms with E-state index in [9.17, 15) is 4.39 Å². The van der Waals surface area contributed by atoms with Crippen molar-refractivity contribution in [1.82, 2.24) is 14.5 Å². The first-order valence-electron chi connectivity index (χ1n) is 5.66. The van der Waals surface area contributed by atoms with Gasteiger partial charge in [0.25, 0.3) is 0 Å². The fourth-order valence-electron chi connectivity index (χ4n) is 1.96. The number of nitrogens with zero attached hydrogens (tertiary/aromatic N) is 3. The van der Waals surface area contributed by atoms with Crippen LogP contribution in [0.2, 0.25) is 5.02 Å². The van der Waals surface area contributed by atoms with Crippen molar-refractivity contribution >= 4 is 28.7 Å². The van der Waals surface area contributed by atoms with Crippen LogP contribution in [0.3, 0.4) is 0 Å². The maximum atomic E-state index is 13.7. The minimum atomic E-state index is -0.280. The van der Waals surface area contributed by atoms with Gasteiger partial charge < -0.3 is 5.73 Å². The summed E-state index contributed by atoms with van der Waals surface area (Å²) in [4.78, 5) is 8.36. The highest BCUT2D eigenvalue weighted by molar-refractivity contribution is 6.31. The number of nitrogen functional groups attached to an aromatic ring is 1. The fourth-order valence-corrected chi connectivity index (χ4v) is 2.11. The molecule has 19 heavy (non-hydrogen) atoms. The number of anilines is 1. The van der Waals surface area contributed by atoms with Crippen LogP contribution >= 0.6 is 11.6 Å². The van der Waals surface area contributed by atoms with Crippen molar-refractivity contribution < 1.29 is 4.39 Å². The van der Waals surface area contributed by atoms with Gasteiger partial charge in [0, 0.05) is 11.8 Å². The molecule has 3 aromatic rings. The van der Waals surface area contributed by atoms with Gasteiger partial charge in [-0.15, -0.1) is 0 Å². The van der Waals surface area contributed by atoms with Gasteiger partial charge in [0.1, 0.15) is 11.3 Å². The molecule has 0 bridgehead atoms. The van der Waals surface area contributed by atoms with Crippen LogP contribution in [0.15, 0.2) is 36.5 Å². The van der Waals surface area contributed by atoms with Crippen molar-refractivity contribution in [3.05, 3.63) is 52.9 Å². The van der Waals surface area contributed by atoms with E-state index in [4.69, 9.17) is 17.3 Å². The van der Waals surface area contributed by atoms with Crippen LogP contribution in [0.25, 0.3) is 11.2 Å². The van der Waals surface area contributed by atoms with Gasteiger partial charge in [-0.2, -0.15) is 0 Å². The topological polar surface area (TPSA) is 56.7 Å². The number of hydrogen-bond donors (Lipinski definition) is 1. The van der Waals surface area contributed by atoms with Crippen LogP contribution in [0.4, 0.5) is 10.3 Å². The van der Waals surface area contributed by atoms with Crippen LogP contribution < -0.4 is 5.73 Å². The summed E-state index contributed by atoms with van der Waals surface area (Å²) in [5.41, 5.74) is 7.57. The number of fused-ring (bicyclic) bond motifs is 1. The van der Waals surface area contributed by atoms with Crippen LogP contribution in [0.1, 0.15) is 5.56 Å². The molecule has 0 aliphatic heterocycles. The number of halogens is 2. The molecule has 2 aromatic heterocycles.